The summed E-state index contributed by atoms with van der Waals surface area (Å²) in [5.41, 5.74) is 1.91. The maximum atomic E-state index is 13.4. The van der Waals surface area contributed by atoms with Crippen LogP contribution in [0.3, 0.4) is 0 Å². The minimum absolute atomic E-state index is 0.0137. The maximum Gasteiger partial charge on any atom is 0.301 e. The van der Waals surface area contributed by atoms with E-state index in [1.165, 1.54) is 27.6 Å². The quantitative estimate of drug-likeness (QED) is 0.174. The molecule has 0 saturated carbocycles. The molecule has 1 atom stereocenters. The van der Waals surface area contributed by atoms with E-state index in [0.29, 0.717) is 39.3 Å². The van der Waals surface area contributed by atoms with Crippen LogP contribution in [-0.2, 0) is 9.59 Å². The second kappa shape index (κ2) is 9.57. The van der Waals surface area contributed by atoms with Crippen molar-refractivity contribution >= 4 is 67.1 Å². The summed E-state index contributed by atoms with van der Waals surface area (Å²) in [6.45, 7) is 4.11. The van der Waals surface area contributed by atoms with Crippen molar-refractivity contribution in [2.45, 2.75) is 19.9 Å². The van der Waals surface area contributed by atoms with Crippen LogP contribution in [0.2, 0.25) is 5.02 Å². The first-order chi connectivity index (χ1) is 17.3. The summed E-state index contributed by atoms with van der Waals surface area (Å²) in [7, 11) is 1.60. The molecule has 10 heteroatoms. The summed E-state index contributed by atoms with van der Waals surface area (Å²) < 4.78 is 11.8. The first-order valence-electron chi connectivity index (χ1n) is 11.1. The van der Waals surface area contributed by atoms with Crippen LogP contribution in [0.25, 0.3) is 16.0 Å². The van der Waals surface area contributed by atoms with E-state index in [1.54, 1.807) is 25.3 Å². The third kappa shape index (κ3) is 4.03. The number of carbonyl (C=O) groups is 2. The molecule has 1 unspecified atom stereocenters. The number of nitrogens with zero attached hydrogens (tertiary/aromatic N) is 2. The molecule has 2 aromatic carbocycles. The Hall–Kier alpha value is -3.40. The number of aryl methyl sites for hydroxylation is 1. The molecule has 1 fully saturated rings. The number of hydrogen-bond donors (Lipinski definition) is 1. The Morgan fingerprint density at radius 3 is 2.69 bits per heavy atom. The number of carbonyl (C=O) groups excluding carboxylic acids is 2. The molecule has 7 nitrogen and oxygen atoms in total. The van der Waals surface area contributed by atoms with Gasteiger partial charge in [-0.15, -0.1) is 11.3 Å². The number of aliphatic hydroxyl groups excluding tert-OH is 1. The van der Waals surface area contributed by atoms with Gasteiger partial charge in [-0.3, -0.25) is 14.5 Å². The third-order valence-electron chi connectivity index (χ3n) is 5.86. The van der Waals surface area contributed by atoms with Gasteiger partial charge < -0.3 is 14.6 Å². The van der Waals surface area contributed by atoms with Crippen molar-refractivity contribution in [3.05, 3.63) is 74.4 Å². The number of halogens is 1. The van der Waals surface area contributed by atoms with Crippen LogP contribution in [0.1, 0.15) is 29.0 Å². The highest BCUT2D eigenvalue weighted by Crippen LogP contribution is 2.46. The lowest BCUT2D eigenvalue weighted by Crippen LogP contribution is -2.28. The summed E-state index contributed by atoms with van der Waals surface area (Å²) in [5, 5.41) is 13.9. The SMILES string of the molecule is CCOc1cc(/C(O)=C2\C(=O)C(=O)N(c3nc4cc(C)c(OC)cc4s3)C2c2cccs2)ccc1Cl. The number of thiophene rings is 1. The number of ether oxygens (including phenoxy) is 2. The van der Waals surface area contributed by atoms with Crippen molar-refractivity contribution in [2.75, 3.05) is 18.6 Å². The smallest absolute Gasteiger partial charge is 0.301 e. The second-order valence-corrected chi connectivity index (χ2v) is 10.4. The van der Waals surface area contributed by atoms with E-state index in [1.807, 2.05) is 43.5 Å². The first-order valence-corrected chi connectivity index (χ1v) is 13.1. The first kappa shape index (κ1) is 24.3. The maximum absolute atomic E-state index is 13.4. The number of aromatic nitrogens is 1. The van der Waals surface area contributed by atoms with Crippen LogP contribution in [-0.4, -0.2) is 35.5 Å². The number of aliphatic hydroxyl groups is 1. The molecule has 1 aliphatic rings. The number of benzene rings is 2. The molecule has 5 rings (SSSR count). The highest BCUT2D eigenvalue weighted by Gasteiger charge is 2.48. The number of amides is 1. The van der Waals surface area contributed by atoms with Crippen molar-refractivity contribution in [3.63, 3.8) is 0 Å². The fourth-order valence-corrected chi connectivity index (χ4v) is 6.19. The highest BCUT2D eigenvalue weighted by molar-refractivity contribution is 7.22. The van der Waals surface area contributed by atoms with E-state index in [2.05, 4.69) is 4.98 Å². The molecular weight excluding hydrogens is 520 g/mol. The third-order valence-corrected chi connectivity index (χ3v) is 8.12. The number of hydrogen-bond acceptors (Lipinski definition) is 8. The van der Waals surface area contributed by atoms with Crippen molar-refractivity contribution in [2.24, 2.45) is 0 Å². The number of fused-ring (bicyclic) bond motifs is 1. The second-order valence-electron chi connectivity index (χ2n) is 8.05. The van der Waals surface area contributed by atoms with Gasteiger partial charge in [0.1, 0.15) is 23.3 Å². The lowest BCUT2D eigenvalue weighted by atomic mass is 10.00. The molecule has 1 amide bonds. The Kier molecular flexibility index (Phi) is 6.46. The van der Waals surface area contributed by atoms with Gasteiger partial charge in [0, 0.05) is 10.4 Å². The summed E-state index contributed by atoms with van der Waals surface area (Å²) in [6, 6.07) is 11.3. The normalized spacial score (nSPS) is 17.2. The monoisotopic (exact) mass is 540 g/mol. The zero-order valence-corrected chi connectivity index (χ0v) is 22.0. The van der Waals surface area contributed by atoms with Gasteiger partial charge >= 0.3 is 5.91 Å². The zero-order chi connectivity index (χ0) is 25.6. The molecule has 4 aromatic rings. The fraction of sp³-hybridized carbons (Fsp3) is 0.192. The minimum Gasteiger partial charge on any atom is -0.507 e. The molecule has 0 spiro atoms. The van der Waals surface area contributed by atoms with Crippen LogP contribution >= 0.6 is 34.3 Å². The van der Waals surface area contributed by atoms with Crippen LogP contribution in [0.15, 0.2) is 53.4 Å². The summed E-state index contributed by atoms with van der Waals surface area (Å²) in [5.74, 6) is -0.753. The molecule has 2 aromatic heterocycles. The van der Waals surface area contributed by atoms with E-state index in [-0.39, 0.29) is 11.3 Å². The number of anilines is 1. The Morgan fingerprint density at radius 2 is 2.00 bits per heavy atom. The Morgan fingerprint density at radius 1 is 1.19 bits per heavy atom. The van der Waals surface area contributed by atoms with Gasteiger partial charge in [-0.05, 0) is 61.2 Å². The molecule has 3 heterocycles. The van der Waals surface area contributed by atoms with Gasteiger partial charge in [0.2, 0.25) is 0 Å². The van der Waals surface area contributed by atoms with Gasteiger partial charge in [0.15, 0.2) is 5.13 Å². The lowest BCUT2D eigenvalue weighted by molar-refractivity contribution is -0.132. The van der Waals surface area contributed by atoms with Crippen LogP contribution < -0.4 is 14.4 Å². The summed E-state index contributed by atoms with van der Waals surface area (Å²) in [4.78, 5) is 33.5. The fourth-order valence-electron chi connectivity index (χ4n) is 4.19. The lowest BCUT2D eigenvalue weighted by Gasteiger charge is -2.21. The van der Waals surface area contributed by atoms with Crippen molar-refractivity contribution in [1.82, 2.24) is 4.98 Å². The largest absolute Gasteiger partial charge is 0.507 e. The number of Topliss-reactive ketones (excluding diaryl/α,β-unsaturated/α-hetero) is 1. The van der Waals surface area contributed by atoms with Crippen LogP contribution in [0.4, 0.5) is 5.13 Å². The van der Waals surface area contributed by atoms with Gasteiger partial charge in [0.05, 0.1) is 34.5 Å². The van der Waals surface area contributed by atoms with Crippen molar-refractivity contribution in [3.8, 4) is 11.5 Å². The molecule has 1 saturated heterocycles. The molecular formula is C26H21ClN2O5S2. The van der Waals surface area contributed by atoms with E-state index < -0.39 is 17.7 Å². The predicted octanol–water partition coefficient (Wildman–Crippen LogP) is 6.35. The number of thiazole rings is 1. The van der Waals surface area contributed by atoms with Gasteiger partial charge in [-0.1, -0.05) is 29.0 Å². The van der Waals surface area contributed by atoms with Crippen molar-refractivity contribution in [1.29, 1.82) is 0 Å². The van der Waals surface area contributed by atoms with Crippen LogP contribution in [0, 0.1) is 6.92 Å². The van der Waals surface area contributed by atoms with Gasteiger partial charge in [-0.2, -0.15) is 0 Å². The number of rotatable bonds is 6. The molecule has 0 bridgehead atoms. The molecule has 36 heavy (non-hydrogen) atoms. The van der Waals surface area contributed by atoms with Crippen molar-refractivity contribution < 1.29 is 24.2 Å². The Balaban J connectivity index is 1.68. The topological polar surface area (TPSA) is 89.0 Å². The predicted molar refractivity (Wildman–Crippen MR) is 143 cm³/mol. The number of methoxy groups -OCH3 is 1. The average Bonchev–Trinajstić information content (AvgIpc) is 3.58. The van der Waals surface area contributed by atoms with E-state index >= 15 is 0 Å². The van der Waals surface area contributed by atoms with E-state index in [0.717, 1.165) is 15.1 Å². The Bertz CT molecular complexity index is 1530. The summed E-state index contributed by atoms with van der Waals surface area (Å²) in [6.07, 6.45) is 0. The Labute approximate surface area is 220 Å². The molecule has 0 radical (unpaired) electrons. The molecule has 184 valence electrons. The van der Waals surface area contributed by atoms with Crippen LogP contribution in [0.5, 0.6) is 11.5 Å². The van der Waals surface area contributed by atoms with E-state index in [4.69, 9.17) is 21.1 Å². The van der Waals surface area contributed by atoms with E-state index in [9.17, 15) is 14.7 Å². The summed E-state index contributed by atoms with van der Waals surface area (Å²) >= 11 is 8.88. The molecule has 1 aliphatic heterocycles. The van der Waals surface area contributed by atoms with Gasteiger partial charge in [-0.25, -0.2) is 4.98 Å². The number of ketones is 1. The molecule has 0 aliphatic carbocycles. The molecule has 1 N–H and O–H groups in total. The zero-order valence-electron chi connectivity index (χ0n) is 19.6. The highest BCUT2D eigenvalue weighted by atomic mass is 35.5. The standard InChI is InChI=1S/C26H21ClN2O5S2/c1-4-34-18-11-14(7-8-15(18)27)23(30)21-22(19-6-5-9-35-19)29(25(32)24(21)31)26-28-16-10-13(2)17(33-3)12-20(16)36-26/h5-12,22,30H,4H2,1-3H3/b23-21+. The average molecular weight is 541 g/mol. The van der Waals surface area contributed by atoms with Gasteiger partial charge in [0.25, 0.3) is 5.78 Å². The minimum atomic E-state index is -0.834.